The smallest absolute Gasteiger partial charge is 0.257 e. The molecular formula is C23H21N3O4. The summed E-state index contributed by atoms with van der Waals surface area (Å²) in [6, 6.07) is 15.7. The number of amides is 1. The minimum atomic E-state index is -0.396. The topological polar surface area (TPSA) is 91.7 Å². The maximum atomic E-state index is 13.0. The van der Waals surface area contributed by atoms with Gasteiger partial charge < -0.3 is 19.5 Å². The Morgan fingerprint density at radius 2 is 1.90 bits per heavy atom. The van der Waals surface area contributed by atoms with E-state index < -0.39 is 5.91 Å². The summed E-state index contributed by atoms with van der Waals surface area (Å²) in [5.41, 5.74) is 2.94. The van der Waals surface area contributed by atoms with Crippen LogP contribution in [-0.2, 0) is 6.54 Å². The summed E-state index contributed by atoms with van der Waals surface area (Å²) in [7, 11) is 1.62. The van der Waals surface area contributed by atoms with Gasteiger partial charge in [0.05, 0.1) is 35.9 Å². The monoisotopic (exact) mass is 403 g/mol. The van der Waals surface area contributed by atoms with Crippen LogP contribution in [0.25, 0.3) is 16.9 Å². The van der Waals surface area contributed by atoms with Crippen LogP contribution in [-0.4, -0.2) is 37.8 Å². The van der Waals surface area contributed by atoms with Crippen molar-refractivity contribution in [2.24, 2.45) is 0 Å². The van der Waals surface area contributed by atoms with Gasteiger partial charge in [-0.25, -0.2) is 4.68 Å². The molecule has 4 rings (SSSR count). The molecule has 0 aliphatic heterocycles. The molecule has 0 atom stereocenters. The van der Waals surface area contributed by atoms with E-state index in [2.05, 4.69) is 5.10 Å². The number of hydrogen-bond donors (Lipinski definition) is 2. The number of nitrogens with zero attached hydrogens (tertiary/aromatic N) is 3. The number of para-hydroxylation sites is 1. The summed E-state index contributed by atoms with van der Waals surface area (Å²) in [6.45, 7) is 2.22. The molecule has 2 aromatic heterocycles. The highest BCUT2D eigenvalue weighted by atomic mass is 16.3. The van der Waals surface area contributed by atoms with Gasteiger partial charge in [-0.2, -0.15) is 5.10 Å². The van der Waals surface area contributed by atoms with Gasteiger partial charge in [-0.3, -0.25) is 4.79 Å². The summed E-state index contributed by atoms with van der Waals surface area (Å²) in [5.74, 6) is -0.211. The van der Waals surface area contributed by atoms with E-state index in [0.29, 0.717) is 17.0 Å². The summed E-state index contributed by atoms with van der Waals surface area (Å²) < 4.78 is 6.99. The zero-order valence-electron chi connectivity index (χ0n) is 16.6. The molecule has 30 heavy (non-hydrogen) atoms. The third-order valence-corrected chi connectivity index (χ3v) is 4.93. The molecule has 2 heterocycles. The minimum Gasteiger partial charge on any atom is -0.507 e. The number of phenolic OH excluding ortho intramolecular Hbond substituents is 2. The van der Waals surface area contributed by atoms with Gasteiger partial charge in [0.15, 0.2) is 0 Å². The first kappa shape index (κ1) is 19.3. The average Bonchev–Trinajstić information content (AvgIpc) is 3.40. The van der Waals surface area contributed by atoms with Crippen molar-refractivity contribution in [2.75, 3.05) is 7.05 Å². The maximum Gasteiger partial charge on any atom is 0.257 e. The third kappa shape index (κ3) is 3.53. The molecule has 0 spiro atoms. The Labute approximate surface area is 173 Å². The number of carbonyl (C=O) groups is 1. The number of phenols is 2. The quantitative estimate of drug-likeness (QED) is 0.523. The Hall–Kier alpha value is -4.00. The van der Waals surface area contributed by atoms with Gasteiger partial charge in [0.2, 0.25) is 0 Å². The van der Waals surface area contributed by atoms with Crippen molar-refractivity contribution in [3.63, 3.8) is 0 Å². The lowest BCUT2D eigenvalue weighted by molar-refractivity contribution is 0.0772. The van der Waals surface area contributed by atoms with Gasteiger partial charge >= 0.3 is 0 Å². The molecule has 0 saturated carbocycles. The molecule has 152 valence electrons. The average molecular weight is 403 g/mol. The van der Waals surface area contributed by atoms with Crippen LogP contribution in [0.4, 0.5) is 0 Å². The molecular weight excluding hydrogens is 382 g/mol. The molecule has 4 aromatic rings. The van der Waals surface area contributed by atoms with Gasteiger partial charge in [-0.15, -0.1) is 0 Å². The number of carbonyl (C=O) groups excluding carboxylic acids is 1. The molecule has 0 aliphatic rings. The fraction of sp³-hybridized carbons (Fsp3) is 0.130. The largest absolute Gasteiger partial charge is 0.507 e. The van der Waals surface area contributed by atoms with Gasteiger partial charge in [0, 0.05) is 18.7 Å². The first-order valence-electron chi connectivity index (χ1n) is 9.40. The summed E-state index contributed by atoms with van der Waals surface area (Å²) in [6.07, 6.45) is 3.16. The molecule has 0 fully saturated rings. The number of rotatable bonds is 5. The van der Waals surface area contributed by atoms with E-state index in [0.717, 1.165) is 11.3 Å². The maximum absolute atomic E-state index is 13.0. The zero-order chi connectivity index (χ0) is 21.3. The number of aromatic nitrogens is 2. The number of hydrogen-bond acceptors (Lipinski definition) is 5. The van der Waals surface area contributed by atoms with Crippen molar-refractivity contribution in [1.82, 2.24) is 14.7 Å². The predicted molar refractivity (Wildman–Crippen MR) is 112 cm³/mol. The SMILES string of the molecule is Cc1ccccc1-n1nccc1-c1cc(C(=O)N(C)Cc2ccco2)c(O)cc1O. The Morgan fingerprint density at radius 3 is 2.63 bits per heavy atom. The second-order valence-corrected chi connectivity index (χ2v) is 7.04. The molecule has 2 N–H and O–H groups in total. The van der Waals surface area contributed by atoms with E-state index in [1.165, 1.54) is 23.3 Å². The van der Waals surface area contributed by atoms with Crippen molar-refractivity contribution in [2.45, 2.75) is 13.5 Å². The van der Waals surface area contributed by atoms with Gasteiger partial charge in [0.1, 0.15) is 17.3 Å². The number of benzene rings is 2. The van der Waals surface area contributed by atoms with E-state index in [1.54, 1.807) is 36.1 Å². The Bertz CT molecular complexity index is 1200. The lowest BCUT2D eigenvalue weighted by atomic mass is 10.0. The molecule has 0 unspecified atom stereocenters. The minimum absolute atomic E-state index is 0.0781. The van der Waals surface area contributed by atoms with Crippen LogP contribution in [0.3, 0.4) is 0 Å². The van der Waals surface area contributed by atoms with Crippen LogP contribution < -0.4 is 0 Å². The number of aromatic hydroxyl groups is 2. The molecule has 2 aromatic carbocycles. The Kier molecular flexibility index (Phi) is 5.02. The van der Waals surface area contributed by atoms with E-state index in [9.17, 15) is 15.0 Å². The Morgan fingerprint density at radius 1 is 1.10 bits per heavy atom. The van der Waals surface area contributed by atoms with Crippen LogP contribution >= 0.6 is 0 Å². The lowest BCUT2D eigenvalue weighted by Gasteiger charge is -2.18. The standard InChI is InChI=1S/C23H21N3O4/c1-15-6-3-4-8-19(15)26-20(9-10-24-26)17-12-18(22(28)13-21(17)27)23(29)25(2)14-16-7-5-11-30-16/h3-13,27-28H,14H2,1-2H3. The first-order chi connectivity index (χ1) is 14.5. The number of furan rings is 1. The molecule has 0 saturated heterocycles. The van der Waals surface area contributed by atoms with Crippen LogP contribution in [0, 0.1) is 6.92 Å². The predicted octanol–water partition coefficient (Wildman–Crippen LogP) is 4.12. The second-order valence-electron chi connectivity index (χ2n) is 7.04. The van der Waals surface area contributed by atoms with E-state index in [4.69, 9.17) is 4.42 Å². The highest BCUT2D eigenvalue weighted by Gasteiger charge is 2.22. The van der Waals surface area contributed by atoms with Crippen LogP contribution in [0.15, 0.2) is 71.5 Å². The normalized spacial score (nSPS) is 10.9. The lowest BCUT2D eigenvalue weighted by Crippen LogP contribution is -2.26. The van der Waals surface area contributed by atoms with Gasteiger partial charge in [0.25, 0.3) is 5.91 Å². The molecule has 7 nitrogen and oxygen atoms in total. The first-order valence-corrected chi connectivity index (χ1v) is 9.40. The van der Waals surface area contributed by atoms with Crippen molar-refractivity contribution in [1.29, 1.82) is 0 Å². The van der Waals surface area contributed by atoms with Crippen molar-refractivity contribution in [3.8, 4) is 28.4 Å². The number of aryl methyl sites for hydroxylation is 1. The molecule has 0 radical (unpaired) electrons. The van der Waals surface area contributed by atoms with E-state index in [1.807, 2.05) is 31.2 Å². The van der Waals surface area contributed by atoms with Crippen molar-refractivity contribution >= 4 is 5.91 Å². The molecule has 7 heteroatoms. The summed E-state index contributed by atoms with van der Waals surface area (Å²) in [4.78, 5) is 14.4. The Balaban J connectivity index is 1.74. The second kappa shape index (κ2) is 7.79. The molecule has 0 aliphatic carbocycles. The molecule has 0 bridgehead atoms. The third-order valence-electron chi connectivity index (χ3n) is 4.93. The van der Waals surface area contributed by atoms with Gasteiger partial charge in [-0.05, 0) is 42.8 Å². The van der Waals surface area contributed by atoms with Crippen LogP contribution in [0.1, 0.15) is 21.7 Å². The zero-order valence-corrected chi connectivity index (χ0v) is 16.6. The van der Waals surface area contributed by atoms with E-state index >= 15 is 0 Å². The van der Waals surface area contributed by atoms with Gasteiger partial charge in [-0.1, -0.05) is 18.2 Å². The van der Waals surface area contributed by atoms with Crippen LogP contribution in [0.2, 0.25) is 0 Å². The fourth-order valence-electron chi connectivity index (χ4n) is 3.37. The fourth-order valence-corrected chi connectivity index (χ4v) is 3.37. The summed E-state index contributed by atoms with van der Waals surface area (Å²) >= 11 is 0. The molecule has 1 amide bonds. The highest BCUT2D eigenvalue weighted by Crippen LogP contribution is 2.36. The van der Waals surface area contributed by atoms with Crippen molar-refractivity contribution < 1.29 is 19.4 Å². The summed E-state index contributed by atoms with van der Waals surface area (Å²) in [5, 5.41) is 25.2. The van der Waals surface area contributed by atoms with Crippen LogP contribution in [0.5, 0.6) is 11.5 Å². The van der Waals surface area contributed by atoms with Crippen molar-refractivity contribution in [3.05, 3.63) is 83.9 Å². The van der Waals surface area contributed by atoms with E-state index in [-0.39, 0.29) is 23.6 Å². The highest BCUT2D eigenvalue weighted by molar-refractivity contribution is 5.98.